The minimum absolute atomic E-state index is 0.195. The third kappa shape index (κ3) is 4.53. The van der Waals surface area contributed by atoms with Crippen LogP contribution in [0.1, 0.15) is 34.1 Å². The van der Waals surface area contributed by atoms with Crippen molar-refractivity contribution in [2.24, 2.45) is 0 Å². The molecule has 29 heavy (non-hydrogen) atoms. The maximum Gasteiger partial charge on any atom is 0.254 e. The van der Waals surface area contributed by atoms with Gasteiger partial charge in [-0.1, -0.05) is 25.1 Å². The number of nitrogens with one attached hydrogen (secondary N) is 1. The van der Waals surface area contributed by atoms with Gasteiger partial charge in [0.1, 0.15) is 12.4 Å². The van der Waals surface area contributed by atoms with E-state index >= 15 is 0 Å². The summed E-state index contributed by atoms with van der Waals surface area (Å²) < 4.78 is 12.5. The zero-order valence-corrected chi connectivity index (χ0v) is 17.1. The van der Waals surface area contributed by atoms with Crippen molar-refractivity contribution in [3.63, 3.8) is 0 Å². The van der Waals surface area contributed by atoms with Crippen LogP contribution < -0.4 is 14.8 Å². The summed E-state index contributed by atoms with van der Waals surface area (Å²) in [6.45, 7) is 6.75. The van der Waals surface area contributed by atoms with Crippen LogP contribution >= 0.6 is 0 Å². The van der Waals surface area contributed by atoms with Gasteiger partial charge in [0.2, 0.25) is 5.88 Å². The molecule has 0 unspecified atom stereocenters. The van der Waals surface area contributed by atoms with E-state index in [1.807, 2.05) is 39.0 Å². The molecule has 152 valence electrons. The molecule has 8 heteroatoms. The van der Waals surface area contributed by atoms with E-state index in [1.54, 1.807) is 23.0 Å². The summed E-state index contributed by atoms with van der Waals surface area (Å²) in [6.07, 6.45) is 2.17. The number of nitrogens with zero attached hydrogens (tertiary/aromatic N) is 4. The van der Waals surface area contributed by atoms with Crippen LogP contribution in [0.4, 0.5) is 0 Å². The van der Waals surface area contributed by atoms with Crippen molar-refractivity contribution in [2.75, 3.05) is 20.3 Å². The van der Waals surface area contributed by atoms with Crippen molar-refractivity contribution >= 4 is 5.91 Å². The molecule has 0 atom stereocenters. The maximum atomic E-state index is 12.6. The predicted molar refractivity (Wildman–Crippen MR) is 109 cm³/mol. The lowest BCUT2D eigenvalue weighted by atomic mass is 10.1. The number of rotatable bonds is 8. The first kappa shape index (κ1) is 20.3. The Hall–Kier alpha value is -3.42. The molecule has 3 aromatic rings. The first-order chi connectivity index (χ1) is 14.0. The Bertz CT molecular complexity index is 962. The highest BCUT2D eigenvalue weighted by molar-refractivity contribution is 5.95. The number of carbonyl (C=O) groups is 1. The Kier molecular flexibility index (Phi) is 6.43. The van der Waals surface area contributed by atoms with Crippen molar-refractivity contribution in [1.29, 1.82) is 0 Å². The van der Waals surface area contributed by atoms with Gasteiger partial charge in [-0.15, -0.1) is 10.2 Å². The number of methoxy groups -OCH3 is 1. The van der Waals surface area contributed by atoms with Crippen molar-refractivity contribution < 1.29 is 14.3 Å². The van der Waals surface area contributed by atoms with Gasteiger partial charge in [-0.25, -0.2) is 4.68 Å². The number of ether oxygens (including phenoxy) is 2. The SMILES string of the molecule is CCc1c(C(=O)NCCOc2c(C)cccc2C)cnn1-c1ccc(OC)nn1. The molecule has 2 heterocycles. The Labute approximate surface area is 169 Å². The van der Waals surface area contributed by atoms with E-state index in [2.05, 4.69) is 20.6 Å². The first-order valence-electron chi connectivity index (χ1n) is 9.47. The van der Waals surface area contributed by atoms with Crippen LogP contribution in [-0.4, -0.2) is 46.1 Å². The molecule has 0 spiro atoms. The average Bonchev–Trinajstić information content (AvgIpc) is 3.17. The monoisotopic (exact) mass is 395 g/mol. The molecule has 2 aromatic heterocycles. The van der Waals surface area contributed by atoms with E-state index in [4.69, 9.17) is 9.47 Å². The van der Waals surface area contributed by atoms with Crippen molar-refractivity contribution in [2.45, 2.75) is 27.2 Å². The lowest BCUT2D eigenvalue weighted by molar-refractivity contribution is 0.0946. The van der Waals surface area contributed by atoms with Gasteiger partial charge in [-0.05, 0) is 37.5 Å². The van der Waals surface area contributed by atoms with Gasteiger partial charge >= 0.3 is 0 Å². The van der Waals surface area contributed by atoms with Gasteiger partial charge in [-0.3, -0.25) is 4.79 Å². The molecule has 8 nitrogen and oxygen atoms in total. The fourth-order valence-corrected chi connectivity index (χ4v) is 3.08. The van der Waals surface area contributed by atoms with Gasteiger partial charge in [0.15, 0.2) is 5.82 Å². The molecule has 0 aliphatic heterocycles. The van der Waals surface area contributed by atoms with E-state index < -0.39 is 0 Å². The van der Waals surface area contributed by atoms with Crippen LogP contribution in [0.5, 0.6) is 11.6 Å². The normalized spacial score (nSPS) is 10.6. The van der Waals surface area contributed by atoms with Gasteiger partial charge in [0, 0.05) is 6.07 Å². The lowest BCUT2D eigenvalue weighted by Gasteiger charge is -2.12. The highest BCUT2D eigenvalue weighted by atomic mass is 16.5. The molecule has 0 radical (unpaired) electrons. The molecular formula is C21H25N5O3. The summed E-state index contributed by atoms with van der Waals surface area (Å²) in [5.74, 6) is 1.61. The van der Waals surface area contributed by atoms with E-state index in [0.717, 1.165) is 22.6 Å². The number of carbonyl (C=O) groups excluding carboxylic acids is 1. The Morgan fingerprint density at radius 2 is 1.90 bits per heavy atom. The second kappa shape index (κ2) is 9.18. The van der Waals surface area contributed by atoms with Crippen LogP contribution in [0, 0.1) is 13.8 Å². The molecule has 0 saturated heterocycles. The predicted octanol–water partition coefficient (Wildman–Crippen LogP) is 2.66. The van der Waals surface area contributed by atoms with Crippen LogP contribution in [-0.2, 0) is 6.42 Å². The number of amides is 1. The largest absolute Gasteiger partial charge is 0.491 e. The molecule has 1 N–H and O–H groups in total. The molecular weight excluding hydrogens is 370 g/mol. The Morgan fingerprint density at radius 1 is 1.14 bits per heavy atom. The molecule has 1 amide bonds. The first-order valence-corrected chi connectivity index (χ1v) is 9.47. The highest BCUT2D eigenvalue weighted by Crippen LogP contribution is 2.22. The molecule has 0 fully saturated rings. The minimum atomic E-state index is -0.195. The summed E-state index contributed by atoms with van der Waals surface area (Å²) in [4.78, 5) is 12.6. The number of aryl methyl sites for hydroxylation is 2. The van der Waals surface area contributed by atoms with E-state index in [-0.39, 0.29) is 5.91 Å². The summed E-state index contributed by atoms with van der Waals surface area (Å²) in [5, 5.41) is 15.3. The molecule has 0 aliphatic carbocycles. The number of benzene rings is 1. The Balaban J connectivity index is 1.64. The number of aromatic nitrogens is 4. The summed E-state index contributed by atoms with van der Waals surface area (Å²) in [6, 6.07) is 9.46. The van der Waals surface area contributed by atoms with Crippen molar-refractivity contribution in [3.8, 4) is 17.4 Å². The van der Waals surface area contributed by atoms with Gasteiger partial charge < -0.3 is 14.8 Å². The smallest absolute Gasteiger partial charge is 0.254 e. The Morgan fingerprint density at radius 3 is 2.52 bits per heavy atom. The fourth-order valence-electron chi connectivity index (χ4n) is 3.08. The fraction of sp³-hybridized carbons (Fsp3) is 0.333. The van der Waals surface area contributed by atoms with Crippen LogP contribution in [0.3, 0.4) is 0 Å². The second-order valence-corrected chi connectivity index (χ2v) is 6.53. The molecule has 3 rings (SSSR count). The zero-order chi connectivity index (χ0) is 20.8. The van der Waals surface area contributed by atoms with Crippen molar-refractivity contribution in [1.82, 2.24) is 25.3 Å². The van der Waals surface area contributed by atoms with E-state index in [9.17, 15) is 4.79 Å². The van der Waals surface area contributed by atoms with E-state index in [1.165, 1.54) is 7.11 Å². The summed E-state index contributed by atoms with van der Waals surface area (Å²) >= 11 is 0. The standard InChI is InChI=1S/C21H25N5O3/c1-5-17-16(13-23-26(17)18-9-10-19(28-4)25-24-18)21(27)22-11-12-29-20-14(2)7-6-8-15(20)3/h6-10,13H,5,11-12H2,1-4H3,(H,22,27). The molecule has 0 bridgehead atoms. The number of para-hydroxylation sites is 1. The molecule has 1 aromatic carbocycles. The molecule has 0 saturated carbocycles. The number of hydrogen-bond acceptors (Lipinski definition) is 6. The summed E-state index contributed by atoms with van der Waals surface area (Å²) in [5.41, 5.74) is 3.42. The van der Waals surface area contributed by atoms with Crippen LogP contribution in [0.2, 0.25) is 0 Å². The van der Waals surface area contributed by atoms with E-state index in [0.29, 0.717) is 36.8 Å². The van der Waals surface area contributed by atoms with Crippen LogP contribution in [0.25, 0.3) is 5.82 Å². The molecule has 0 aliphatic rings. The summed E-state index contributed by atoms with van der Waals surface area (Å²) in [7, 11) is 1.53. The van der Waals surface area contributed by atoms with Gasteiger partial charge in [0.05, 0.1) is 31.1 Å². The topological polar surface area (TPSA) is 91.2 Å². The third-order valence-electron chi connectivity index (χ3n) is 4.54. The maximum absolute atomic E-state index is 12.6. The van der Waals surface area contributed by atoms with Gasteiger partial charge in [0.25, 0.3) is 5.91 Å². The third-order valence-corrected chi connectivity index (χ3v) is 4.54. The minimum Gasteiger partial charge on any atom is -0.491 e. The second-order valence-electron chi connectivity index (χ2n) is 6.53. The number of hydrogen-bond donors (Lipinski definition) is 1. The average molecular weight is 395 g/mol. The van der Waals surface area contributed by atoms with Gasteiger partial charge in [-0.2, -0.15) is 5.10 Å². The van der Waals surface area contributed by atoms with Crippen molar-refractivity contribution in [3.05, 3.63) is 58.9 Å². The van der Waals surface area contributed by atoms with Crippen LogP contribution in [0.15, 0.2) is 36.5 Å². The lowest BCUT2D eigenvalue weighted by Crippen LogP contribution is -2.29. The zero-order valence-electron chi connectivity index (χ0n) is 17.1. The quantitative estimate of drug-likeness (QED) is 0.590. The highest BCUT2D eigenvalue weighted by Gasteiger charge is 2.18.